The minimum atomic E-state index is -0.609. The van der Waals surface area contributed by atoms with E-state index in [2.05, 4.69) is 16.0 Å². The molecule has 0 bridgehead atoms. The average Bonchev–Trinajstić information content (AvgIpc) is 3.07. The lowest BCUT2D eigenvalue weighted by molar-refractivity contribution is -0.117. The molecule has 0 saturated carbocycles. The SMILES string of the molecule is CCNCc1cccc(NC(=O)C(C)NC(=O)c2cccs2)c1. The Hall–Kier alpha value is -2.18. The molecule has 23 heavy (non-hydrogen) atoms. The molecule has 2 rings (SSSR count). The highest BCUT2D eigenvalue weighted by molar-refractivity contribution is 7.12. The van der Waals surface area contributed by atoms with Crippen LogP contribution in [0.3, 0.4) is 0 Å². The molecule has 0 spiro atoms. The van der Waals surface area contributed by atoms with E-state index in [0.29, 0.717) is 4.88 Å². The van der Waals surface area contributed by atoms with Crippen LogP contribution in [0.4, 0.5) is 5.69 Å². The number of thiophene rings is 1. The maximum atomic E-state index is 12.2. The number of nitrogens with one attached hydrogen (secondary N) is 3. The van der Waals surface area contributed by atoms with Gasteiger partial charge in [0.1, 0.15) is 6.04 Å². The van der Waals surface area contributed by atoms with Crippen LogP contribution >= 0.6 is 11.3 Å². The van der Waals surface area contributed by atoms with Crippen molar-refractivity contribution in [1.82, 2.24) is 10.6 Å². The van der Waals surface area contributed by atoms with E-state index >= 15 is 0 Å². The van der Waals surface area contributed by atoms with E-state index in [1.807, 2.05) is 36.6 Å². The van der Waals surface area contributed by atoms with Crippen LogP contribution in [0.5, 0.6) is 0 Å². The van der Waals surface area contributed by atoms with E-state index in [1.165, 1.54) is 11.3 Å². The van der Waals surface area contributed by atoms with Crippen molar-refractivity contribution in [2.75, 3.05) is 11.9 Å². The summed E-state index contributed by atoms with van der Waals surface area (Å²) in [5.74, 6) is -0.473. The van der Waals surface area contributed by atoms with Crippen molar-refractivity contribution < 1.29 is 9.59 Å². The van der Waals surface area contributed by atoms with Gasteiger partial charge in [-0.1, -0.05) is 25.1 Å². The molecule has 0 aliphatic heterocycles. The molecule has 1 heterocycles. The van der Waals surface area contributed by atoms with E-state index in [9.17, 15) is 9.59 Å². The fourth-order valence-corrected chi connectivity index (χ4v) is 2.65. The van der Waals surface area contributed by atoms with Gasteiger partial charge in [-0.2, -0.15) is 0 Å². The van der Waals surface area contributed by atoms with E-state index < -0.39 is 6.04 Å². The van der Waals surface area contributed by atoms with Gasteiger partial charge in [-0.3, -0.25) is 9.59 Å². The second-order valence-corrected chi connectivity index (χ2v) is 6.09. The summed E-state index contributed by atoms with van der Waals surface area (Å²) in [6, 6.07) is 10.6. The molecule has 1 aromatic carbocycles. The summed E-state index contributed by atoms with van der Waals surface area (Å²) in [7, 11) is 0. The first-order valence-corrected chi connectivity index (χ1v) is 8.43. The van der Waals surface area contributed by atoms with Crippen LogP contribution in [0, 0.1) is 0 Å². The zero-order valence-corrected chi connectivity index (χ0v) is 14.1. The van der Waals surface area contributed by atoms with Gasteiger partial charge in [-0.05, 0) is 42.6 Å². The lowest BCUT2D eigenvalue weighted by Crippen LogP contribution is -2.41. The molecule has 0 saturated heterocycles. The standard InChI is InChI=1S/C17H21N3O2S/c1-3-18-11-13-6-4-7-14(10-13)20-16(21)12(2)19-17(22)15-8-5-9-23-15/h4-10,12,18H,3,11H2,1-2H3,(H,19,22)(H,20,21). The minimum absolute atomic E-state index is 0.233. The average molecular weight is 331 g/mol. The largest absolute Gasteiger partial charge is 0.340 e. The van der Waals surface area contributed by atoms with Crippen molar-refractivity contribution in [3.8, 4) is 0 Å². The summed E-state index contributed by atoms with van der Waals surface area (Å²) in [6.07, 6.45) is 0. The van der Waals surface area contributed by atoms with Gasteiger partial charge in [0.15, 0.2) is 0 Å². The molecule has 2 amide bonds. The Morgan fingerprint density at radius 2 is 2.04 bits per heavy atom. The molecular weight excluding hydrogens is 310 g/mol. The Morgan fingerprint density at radius 3 is 2.74 bits per heavy atom. The molecular formula is C17H21N3O2S. The van der Waals surface area contributed by atoms with Gasteiger partial charge in [0.25, 0.3) is 5.91 Å². The van der Waals surface area contributed by atoms with Crippen molar-refractivity contribution in [1.29, 1.82) is 0 Å². The molecule has 1 unspecified atom stereocenters. The predicted molar refractivity (Wildman–Crippen MR) is 93.7 cm³/mol. The van der Waals surface area contributed by atoms with Crippen LogP contribution in [0.25, 0.3) is 0 Å². The molecule has 122 valence electrons. The molecule has 5 nitrogen and oxygen atoms in total. The summed E-state index contributed by atoms with van der Waals surface area (Å²) in [6.45, 7) is 5.36. The first-order chi connectivity index (χ1) is 11.1. The van der Waals surface area contributed by atoms with Crippen LogP contribution in [0.2, 0.25) is 0 Å². The smallest absolute Gasteiger partial charge is 0.261 e. The third-order valence-electron chi connectivity index (χ3n) is 3.26. The van der Waals surface area contributed by atoms with Crippen molar-refractivity contribution in [3.63, 3.8) is 0 Å². The lowest BCUT2D eigenvalue weighted by Gasteiger charge is -2.14. The zero-order chi connectivity index (χ0) is 16.7. The Kier molecular flexibility index (Phi) is 6.31. The van der Waals surface area contributed by atoms with Gasteiger partial charge in [-0.25, -0.2) is 0 Å². The Balaban J connectivity index is 1.91. The molecule has 2 aromatic rings. The van der Waals surface area contributed by atoms with Gasteiger partial charge < -0.3 is 16.0 Å². The summed E-state index contributed by atoms with van der Waals surface area (Å²) in [4.78, 5) is 24.8. The number of benzene rings is 1. The minimum Gasteiger partial charge on any atom is -0.340 e. The van der Waals surface area contributed by atoms with Gasteiger partial charge in [0, 0.05) is 12.2 Å². The first kappa shape index (κ1) is 17.2. The molecule has 1 aromatic heterocycles. The van der Waals surface area contributed by atoms with E-state index in [-0.39, 0.29) is 11.8 Å². The zero-order valence-electron chi connectivity index (χ0n) is 13.3. The predicted octanol–water partition coefficient (Wildman–Crippen LogP) is 2.61. The lowest BCUT2D eigenvalue weighted by atomic mass is 10.2. The molecule has 3 N–H and O–H groups in total. The van der Waals surface area contributed by atoms with Crippen molar-refractivity contribution in [2.24, 2.45) is 0 Å². The number of amides is 2. The second kappa shape index (κ2) is 8.45. The quantitative estimate of drug-likeness (QED) is 0.730. The highest BCUT2D eigenvalue weighted by Gasteiger charge is 2.17. The van der Waals surface area contributed by atoms with Gasteiger partial charge in [0.05, 0.1) is 4.88 Å². The Morgan fingerprint density at radius 1 is 1.22 bits per heavy atom. The molecule has 0 aliphatic carbocycles. The van der Waals surface area contributed by atoms with Crippen LogP contribution in [0.15, 0.2) is 41.8 Å². The van der Waals surface area contributed by atoms with E-state index in [1.54, 1.807) is 19.1 Å². The van der Waals surface area contributed by atoms with Crippen molar-refractivity contribution >= 4 is 28.8 Å². The molecule has 0 radical (unpaired) electrons. The Bertz CT molecular complexity index is 656. The highest BCUT2D eigenvalue weighted by Crippen LogP contribution is 2.12. The van der Waals surface area contributed by atoms with E-state index in [0.717, 1.165) is 24.3 Å². The molecule has 0 fully saturated rings. The van der Waals surface area contributed by atoms with Gasteiger partial charge in [0.2, 0.25) is 5.91 Å². The monoisotopic (exact) mass is 331 g/mol. The van der Waals surface area contributed by atoms with Crippen LogP contribution in [-0.2, 0) is 11.3 Å². The number of hydrogen-bond donors (Lipinski definition) is 3. The van der Waals surface area contributed by atoms with Crippen molar-refractivity contribution in [2.45, 2.75) is 26.4 Å². The van der Waals surface area contributed by atoms with E-state index in [4.69, 9.17) is 0 Å². The fraction of sp³-hybridized carbons (Fsp3) is 0.294. The Labute approximate surface area is 140 Å². The first-order valence-electron chi connectivity index (χ1n) is 7.55. The fourth-order valence-electron chi connectivity index (χ4n) is 2.02. The summed E-state index contributed by atoms with van der Waals surface area (Å²) < 4.78 is 0. The number of carbonyl (C=O) groups excluding carboxylic acids is 2. The molecule has 0 aliphatic rings. The third kappa shape index (κ3) is 5.19. The topological polar surface area (TPSA) is 70.2 Å². The number of carbonyl (C=O) groups is 2. The second-order valence-electron chi connectivity index (χ2n) is 5.14. The van der Waals surface area contributed by atoms with Crippen LogP contribution in [0.1, 0.15) is 29.1 Å². The summed E-state index contributed by atoms with van der Waals surface area (Å²) >= 11 is 1.35. The van der Waals surface area contributed by atoms with Crippen molar-refractivity contribution in [3.05, 3.63) is 52.2 Å². The van der Waals surface area contributed by atoms with Gasteiger partial charge in [-0.15, -0.1) is 11.3 Å². The molecule has 1 atom stereocenters. The van der Waals surface area contributed by atoms with Crippen LogP contribution in [-0.4, -0.2) is 24.4 Å². The number of hydrogen-bond acceptors (Lipinski definition) is 4. The molecule has 6 heteroatoms. The summed E-state index contributed by atoms with van der Waals surface area (Å²) in [5.41, 5.74) is 1.82. The normalized spacial score (nSPS) is 11.7. The maximum absolute atomic E-state index is 12.2. The van der Waals surface area contributed by atoms with Crippen LogP contribution < -0.4 is 16.0 Å². The summed E-state index contributed by atoms with van der Waals surface area (Å²) in [5, 5.41) is 10.6. The number of anilines is 1. The highest BCUT2D eigenvalue weighted by atomic mass is 32.1. The maximum Gasteiger partial charge on any atom is 0.261 e. The van der Waals surface area contributed by atoms with Gasteiger partial charge >= 0.3 is 0 Å². The third-order valence-corrected chi connectivity index (χ3v) is 4.13. The number of rotatable bonds is 7.